The summed E-state index contributed by atoms with van der Waals surface area (Å²) < 4.78 is 24.9. The third-order valence-electron chi connectivity index (χ3n) is 9.65. The molecule has 0 bridgehead atoms. The summed E-state index contributed by atoms with van der Waals surface area (Å²) in [5.74, 6) is -1.45. The van der Waals surface area contributed by atoms with E-state index < -0.39 is 23.8 Å². The predicted molar refractivity (Wildman–Crippen MR) is 190 cm³/mol. The van der Waals surface area contributed by atoms with Gasteiger partial charge < -0.3 is 29.7 Å². The van der Waals surface area contributed by atoms with E-state index in [1.54, 1.807) is 11.1 Å². The zero-order chi connectivity index (χ0) is 35.6. The number of piperazine rings is 1. The molecule has 51 heavy (non-hydrogen) atoms. The van der Waals surface area contributed by atoms with Crippen molar-refractivity contribution in [3.8, 4) is 0 Å². The monoisotopic (exact) mass is 737 g/mol. The lowest BCUT2D eigenvalue weighted by atomic mass is 9.95. The molecule has 0 spiro atoms. The Balaban J connectivity index is 1.09. The molecule has 0 aliphatic carbocycles. The molecule has 0 unspecified atom stereocenters. The number of amides is 2. The number of esters is 1. The number of carbonyl (C=O) groups excluding carboxylic acids is 2. The van der Waals surface area contributed by atoms with Crippen molar-refractivity contribution in [2.75, 3.05) is 69.4 Å². The number of rotatable bonds is 10. The summed E-state index contributed by atoms with van der Waals surface area (Å²) >= 11 is 7.90. The minimum absolute atomic E-state index is 0.0329. The van der Waals surface area contributed by atoms with Gasteiger partial charge in [0.15, 0.2) is 10.8 Å². The van der Waals surface area contributed by atoms with E-state index in [2.05, 4.69) is 20.1 Å². The number of aromatic nitrogens is 1. The number of hydrogen-bond acceptors (Lipinski definition) is 11. The number of carbonyl (C=O) groups is 3. The second-order valence-electron chi connectivity index (χ2n) is 12.7. The van der Waals surface area contributed by atoms with E-state index in [-0.39, 0.29) is 35.1 Å². The third-order valence-corrected chi connectivity index (χ3v) is 10.8. The van der Waals surface area contributed by atoms with Crippen molar-refractivity contribution >= 4 is 58.1 Å². The molecule has 3 aromatic rings. The van der Waals surface area contributed by atoms with Crippen molar-refractivity contribution in [2.24, 2.45) is 4.99 Å². The van der Waals surface area contributed by atoms with Gasteiger partial charge in [0.05, 0.1) is 38.0 Å². The van der Waals surface area contributed by atoms with Gasteiger partial charge in [-0.15, -0.1) is 11.3 Å². The fraction of sp³-hybridized carbons (Fsp3) is 0.400. The van der Waals surface area contributed by atoms with Gasteiger partial charge in [-0.25, -0.2) is 19.0 Å². The van der Waals surface area contributed by atoms with E-state index in [4.69, 9.17) is 26.1 Å². The second-order valence-corrected chi connectivity index (χ2v) is 14.0. The third kappa shape index (κ3) is 7.29. The van der Waals surface area contributed by atoms with Crippen molar-refractivity contribution in [1.29, 1.82) is 0 Å². The van der Waals surface area contributed by atoms with Crippen molar-refractivity contribution in [3.63, 3.8) is 0 Å². The number of nitrogens with zero attached hydrogens (tertiary/aromatic N) is 6. The number of carboxylic acids is 1. The van der Waals surface area contributed by atoms with Gasteiger partial charge in [-0.05, 0) is 42.8 Å². The van der Waals surface area contributed by atoms with Gasteiger partial charge in [0.1, 0.15) is 11.9 Å². The molecule has 0 radical (unpaired) electrons. The lowest BCUT2D eigenvalue weighted by molar-refractivity contribution is -0.138. The number of thiazole rings is 1. The van der Waals surface area contributed by atoms with Crippen molar-refractivity contribution in [1.82, 2.24) is 20.1 Å². The summed E-state index contributed by atoms with van der Waals surface area (Å²) in [5.41, 5.74) is 3.05. The zero-order valence-corrected chi connectivity index (χ0v) is 29.4. The number of halogens is 2. The lowest BCUT2D eigenvalue weighted by Crippen LogP contribution is -2.53. The van der Waals surface area contributed by atoms with Gasteiger partial charge in [-0.1, -0.05) is 17.7 Å². The highest BCUT2D eigenvalue weighted by Gasteiger charge is 2.42. The molecule has 268 valence electrons. The first-order valence-electron chi connectivity index (χ1n) is 16.7. The maximum atomic E-state index is 14.0. The molecule has 4 aliphatic heterocycles. The average Bonchev–Trinajstić information content (AvgIpc) is 3.79. The molecule has 5 heterocycles. The number of methoxy groups -OCH3 is 1. The molecule has 16 heteroatoms. The fourth-order valence-corrected chi connectivity index (χ4v) is 8.03. The first-order chi connectivity index (χ1) is 24.7. The topological polar surface area (TPSA) is 140 Å². The Morgan fingerprint density at radius 3 is 2.65 bits per heavy atom. The molecule has 7 rings (SSSR count). The fourth-order valence-electron chi connectivity index (χ4n) is 7.17. The van der Waals surface area contributed by atoms with Gasteiger partial charge in [0, 0.05) is 84.9 Å². The van der Waals surface area contributed by atoms with Gasteiger partial charge in [0.25, 0.3) is 0 Å². The van der Waals surface area contributed by atoms with Gasteiger partial charge in [-0.2, -0.15) is 0 Å². The van der Waals surface area contributed by atoms with Gasteiger partial charge in [0.2, 0.25) is 0 Å². The largest absolute Gasteiger partial charge is 0.481 e. The first-order valence-corrected chi connectivity index (χ1v) is 17.9. The molecule has 2 amide bonds. The minimum atomic E-state index is -0.863. The highest BCUT2D eigenvalue weighted by atomic mass is 35.5. The summed E-state index contributed by atoms with van der Waals surface area (Å²) in [4.78, 5) is 55.5. The number of carboxylic acid groups (broad SMARTS) is 1. The van der Waals surface area contributed by atoms with Gasteiger partial charge >= 0.3 is 18.0 Å². The van der Waals surface area contributed by atoms with E-state index in [1.165, 1.54) is 36.6 Å². The molecule has 2 aromatic carbocycles. The van der Waals surface area contributed by atoms with Crippen LogP contribution in [-0.4, -0.2) is 115 Å². The quantitative estimate of drug-likeness (QED) is 0.292. The molecule has 1 aromatic heterocycles. The number of aliphatic carboxylic acids is 1. The number of ether oxygens (including phenoxy) is 2. The van der Waals surface area contributed by atoms with Gasteiger partial charge in [-0.3, -0.25) is 19.6 Å². The Bertz CT molecular complexity index is 1860. The Morgan fingerprint density at radius 2 is 1.92 bits per heavy atom. The summed E-state index contributed by atoms with van der Waals surface area (Å²) in [6, 6.07) is 10.8. The van der Waals surface area contributed by atoms with E-state index in [0.29, 0.717) is 81.0 Å². The van der Waals surface area contributed by atoms with Crippen LogP contribution in [0.1, 0.15) is 29.5 Å². The number of nitrogens with one attached hydrogen (secondary N) is 1. The van der Waals surface area contributed by atoms with Crippen LogP contribution >= 0.6 is 22.9 Å². The highest BCUT2D eigenvalue weighted by Crippen LogP contribution is 2.37. The standard InChI is InChI=1S/C35H37ClFN7O6S/c1-49-34(47)30-28(39-32(33-38-10-15-51-33)40-31(30)26-8-2-21(37)16-27(26)36)19-41-11-12-43-25(17-41)18-44(35(43)48)23-5-3-22(4-6-23)42-13-14-50-20-24(42)7-9-29(45)46/h2-6,8,10,15-16,24-25,31H,7,9,11-14,17-20H2,1H3,(H,39,40)(H,45,46)/t24-,25+,31+/m1/s1. The summed E-state index contributed by atoms with van der Waals surface area (Å²) in [7, 11) is 1.30. The van der Waals surface area contributed by atoms with Crippen molar-refractivity contribution < 1.29 is 33.4 Å². The molecule has 3 fully saturated rings. The SMILES string of the molecule is COC(=O)C1=C(CN2CCN3C(=O)N(c4ccc(N5CCOC[C@H]5CCC(=O)O)cc4)C[C@@H]3C2)NC(c2nccs2)=N[C@H]1c1ccc(F)cc1Cl. The van der Waals surface area contributed by atoms with E-state index >= 15 is 0 Å². The van der Waals surface area contributed by atoms with E-state index in [1.807, 2.05) is 34.5 Å². The maximum absolute atomic E-state index is 14.0. The second kappa shape index (κ2) is 15.0. The maximum Gasteiger partial charge on any atom is 0.338 e. The molecule has 3 atom stereocenters. The van der Waals surface area contributed by atoms with Crippen LogP contribution in [0.25, 0.3) is 0 Å². The van der Waals surface area contributed by atoms with Crippen LogP contribution in [0.5, 0.6) is 0 Å². The van der Waals surface area contributed by atoms with Crippen LogP contribution in [0.4, 0.5) is 20.6 Å². The van der Waals surface area contributed by atoms with E-state index in [0.717, 1.165) is 11.4 Å². The number of anilines is 2. The minimum Gasteiger partial charge on any atom is -0.481 e. The van der Waals surface area contributed by atoms with Crippen LogP contribution in [-0.2, 0) is 19.1 Å². The molecule has 4 aliphatic rings. The number of urea groups is 1. The summed E-state index contributed by atoms with van der Waals surface area (Å²) in [5, 5.41) is 15.1. The molecular weight excluding hydrogens is 701 g/mol. The van der Waals surface area contributed by atoms with E-state index in [9.17, 15) is 23.9 Å². The smallest absolute Gasteiger partial charge is 0.338 e. The Hall–Kier alpha value is -4.57. The van der Waals surface area contributed by atoms with Crippen LogP contribution in [0.2, 0.25) is 5.02 Å². The number of morpholine rings is 1. The molecule has 2 N–H and O–H groups in total. The molecule has 3 saturated heterocycles. The lowest BCUT2D eigenvalue weighted by Gasteiger charge is -2.38. The summed E-state index contributed by atoms with van der Waals surface area (Å²) in [6.45, 7) is 4.15. The Morgan fingerprint density at radius 1 is 1.12 bits per heavy atom. The molecular formula is C35H37ClFN7O6S. The number of benzene rings is 2. The molecule has 13 nitrogen and oxygen atoms in total. The average molecular weight is 738 g/mol. The first kappa shape index (κ1) is 34.9. The number of amidine groups is 1. The van der Waals surface area contributed by atoms with Crippen molar-refractivity contribution in [3.05, 3.63) is 86.7 Å². The van der Waals surface area contributed by atoms with Crippen molar-refractivity contribution in [2.45, 2.75) is 31.0 Å². The Kier molecular flexibility index (Phi) is 10.2. The highest BCUT2D eigenvalue weighted by molar-refractivity contribution is 7.11. The predicted octanol–water partition coefficient (Wildman–Crippen LogP) is 4.15. The van der Waals surface area contributed by atoms with Crippen LogP contribution in [0.3, 0.4) is 0 Å². The Labute approximate surface area is 302 Å². The molecule has 0 saturated carbocycles. The van der Waals surface area contributed by atoms with Crippen LogP contribution in [0, 0.1) is 5.82 Å². The zero-order valence-electron chi connectivity index (χ0n) is 27.8. The number of hydrogen-bond donors (Lipinski definition) is 2. The number of aliphatic imine (C=N–C) groups is 1. The number of fused-ring (bicyclic) bond motifs is 1. The van der Waals surface area contributed by atoms with Crippen LogP contribution < -0.4 is 15.1 Å². The summed E-state index contributed by atoms with van der Waals surface area (Å²) in [6.07, 6.45) is 2.23. The normalized spacial score (nSPS) is 22.5. The van der Waals surface area contributed by atoms with Crippen LogP contribution in [0.15, 0.2) is 70.3 Å².